The molecule has 0 aliphatic rings. The fourth-order valence-electron chi connectivity index (χ4n) is 1.75. The van der Waals surface area contributed by atoms with Crippen LogP contribution in [0.25, 0.3) is 0 Å². The van der Waals surface area contributed by atoms with Crippen LogP contribution in [0.15, 0.2) is 53.4 Å². The first-order valence-corrected chi connectivity index (χ1v) is 7.90. The maximum atomic E-state index is 12.7. The fraction of sp³-hybridized carbons (Fsp3) is 0.188. The molecule has 21 heavy (non-hydrogen) atoms. The zero-order chi connectivity index (χ0) is 15.1. The Morgan fingerprint density at radius 1 is 1.14 bits per heavy atom. The highest BCUT2D eigenvalue weighted by atomic mass is 35.5. The van der Waals surface area contributed by atoms with Gasteiger partial charge < -0.3 is 5.32 Å². The van der Waals surface area contributed by atoms with Crippen molar-refractivity contribution >= 4 is 29.3 Å². The molecule has 0 bridgehead atoms. The van der Waals surface area contributed by atoms with Gasteiger partial charge in [0, 0.05) is 11.4 Å². The number of benzene rings is 2. The van der Waals surface area contributed by atoms with Crippen LogP contribution in [-0.2, 0) is 11.2 Å². The Kier molecular flexibility index (Phi) is 6.08. The third-order valence-electron chi connectivity index (χ3n) is 2.84. The molecule has 1 N–H and O–H groups in total. The summed E-state index contributed by atoms with van der Waals surface area (Å²) in [6, 6.07) is 13.7. The molecule has 2 aromatic carbocycles. The molecule has 0 saturated heterocycles. The second-order valence-corrected chi connectivity index (χ2v) is 5.87. The smallest absolute Gasteiger partial charge is 0.230 e. The molecule has 0 heterocycles. The molecule has 0 atom stereocenters. The SMILES string of the molecule is O=C(CSc1ccccc1Cl)NCCc1ccc(F)cc1. The Morgan fingerprint density at radius 3 is 2.57 bits per heavy atom. The van der Waals surface area contributed by atoms with Crippen molar-refractivity contribution in [3.63, 3.8) is 0 Å². The molecule has 0 spiro atoms. The molecular formula is C16H15ClFNOS. The largest absolute Gasteiger partial charge is 0.355 e. The summed E-state index contributed by atoms with van der Waals surface area (Å²) in [4.78, 5) is 12.6. The summed E-state index contributed by atoms with van der Waals surface area (Å²) < 4.78 is 12.7. The third kappa shape index (κ3) is 5.40. The van der Waals surface area contributed by atoms with Gasteiger partial charge in [-0.15, -0.1) is 11.8 Å². The minimum Gasteiger partial charge on any atom is -0.355 e. The summed E-state index contributed by atoms with van der Waals surface area (Å²) in [6.07, 6.45) is 0.683. The normalized spacial score (nSPS) is 10.4. The Labute approximate surface area is 132 Å². The van der Waals surface area contributed by atoms with E-state index in [1.54, 1.807) is 18.2 Å². The van der Waals surface area contributed by atoms with Crippen LogP contribution >= 0.6 is 23.4 Å². The molecule has 110 valence electrons. The molecule has 0 aromatic heterocycles. The van der Waals surface area contributed by atoms with E-state index in [-0.39, 0.29) is 11.7 Å². The summed E-state index contributed by atoms with van der Waals surface area (Å²) in [6.45, 7) is 0.535. The van der Waals surface area contributed by atoms with Gasteiger partial charge in [0.1, 0.15) is 5.82 Å². The molecule has 0 aliphatic heterocycles. The Morgan fingerprint density at radius 2 is 1.86 bits per heavy atom. The van der Waals surface area contributed by atoms with Crippen molar-refractivity contribution in [3.8, 4) is 0 Å². The molecule has 5 heteroatoms. The Bertz CT molecular complexity index is 603. The van der Waals surface area contributed by atoms with Crippen molar-refractivity contribution < 1.29 is 9.18 Å². The number of amides is 1. The second-order valence-electron chi connectivity index (χ2n) is 4.45. The molecule has 2 nitrogen and oxygen atoms in total. The van der Waals surface area contributed by atoms with Gasteiger partial charge in [-0.1, -0.05) is 35.9 Å². The number of hydrogen-bond acceptors (Lipinski definition) is 2. The van der Waals surface area contributed by atoms with Crippen LogP contribution in [0.3, 0.4) is 0 Å². The van der Waals surface area contributed by atoms with E-state index in [0.29, 0.717) is 23.7 Å². The summed E-state index contributed by atoms with van der Waals surface area (Å²) >= 11 is 7.43. The number of carbonyl (C=O) groups is 1. The van der Waals surface area contributed by atoms with Crippen molar-refractivity contribution in [1.82, 2.24) is 5.32 Å². The number of halogens is 2. The van der Waals surface area contributed by atoms with Gasteiger partial charge in [-0.25, -0.2) is 4.39 Å². The van der Waals surface area contributed by atoms with Crippen molar-refractivity contribution in [3.05, 3.63) is 64.9 Å². The molecule has 1 amide bonds. The van der Waals surface area contributed by atoms with E-state index in [9.17, 15) is 9.18 Å². The van der Waals surface area contributed by atoms with E-state index < -0.39 is 0 Å². The molecule has 0 fully saturated rings. The number of thioether (sulfide) groups is 1. The fourth-order valence-corrected chi connectivity index (χ4v) is 2.82. The van der Waals surface area contributed by atoms with Crippen LogP contribution in [0.1, 0.15) is 5.56 Å². The summed E-state index contributed by atoms with van der Waals surface area (Å²) in [5.74, 6) is 0.0358. The predicted molar refractivity (Wildman–Crippen MR) is 85.3 cm³/mol. The molecular weight excluding hydrogens is 309 g/mol. The Hall–Kier alpha value is -1.52. The highest BCUT2D eigenvalue weighted by molar-refractivity contribution is 8.00. The van der Waals surface area contributed by atoms with E-state index in [4.69, 9.17) is 11.6 Å². The van der Waals surface area contributed by atoms with Crippen LogP contribution in [0.2, 0.25) is 5.02 Å². The lowest BCUT2D eigenvalue weighted by atomic mass is 10.1. The van der Waals surface area contributed by atoms with Gasteiger partial charge in [0.05, 0.1) is 10.8 Å². The van der Waals surface area contributed by atoms with E-state index in [0.717, 1.165) is 10.5 Å². The van der Waals surface area contributed by atoms with Gasteiger partial charge in [0.25, 0.3) is 0 Å². The maximum Gasteiger partial charge on any atom is 0.230 e. The lowest BCUT2D eigenvalue weighted by molar-refractivity contribution is -0.118. The minimum atomic E-state index is -0.251. The highest BCUT2D eigenvalue weighted by Gasteiger charge is 2.05. The van der Waals surface area contributed by atoms with Gasteiger partial charge in [-0.3, -0.25) is 4.79 Å². The van der Waals surface area contributed by atoms with E-state index in [1.807, 2.05) is 18.2 Å². The number of hydrogen-bond donors (Lipinski definition) is 1. The number of carbonyl (C=O) groups excluding carboxylic acids is 1. The van der Waals surface area contributed by atoms with Crippen molar-refractivity contribution in [2.24, 2.45) is 0 Å². The standard InChI is InChI=1S/C16H15ClFNOS/c17-14-3-1-2-4-15(14)21-11-16(20)19-10-9-12-5-7-13(18)8-6-12/h1-8H,9-11H2,(H,19,20). The predicted octanol–water partition coefficient (Wildman–Crippen LogP) is 3.93. The molecule has 0 unspecified atom stereocenters. The minimum absolute atomic E-state index is 0.0398. The quantitative estimate of drug-likeness (QED) is 0.816. The van der Waals surface area contributed by atoms with Gasteiger partial charge >= 0.3 is 0 Å². The van der Waals surface area contributed by atoms with Gasteiger partial charge in [0.15, 0.2) is 0 Å². The second kappa shape index (κ2) is 8.05. The van der Waals surface area contributed by atoms with E-state index >= 15 is 0 Å². The molecule has 0 aliphatic carbocycles. The molecule has 2 rings (SSSR count). The van der Waals surface area contributed by atoms with Gasteiger partial charge in [0.2, 0.25) is 5.91 Å². The summed E-state index contributed by atoms with van der Waals surface area (Å²) in [7, 11) is 0. The first-order valence-electron chi connectivity index (χ1n) is 6.53. The molecule has 0 radical (unpaired) electrons. The Balaban J connectivity index is 1.70. The lowest BCUT2D eigenvalue weighted by Gasteiger charge is -2.06. The monoisotopic (exact) mass is 323 g/mol. The van der Waals surface area contributed by atoms with Crippen LogP contribution in [0.4, 0.5) is 4.39 Å². The lowest BCUT2D eigenvalue weighted by Crippen LogP contribution is -2.27. The number of rotatable bonds is 6. The zero-order valence-corrected chi connectivity index (χ0v) is 12.9. The highest BCUT2D eigenvalue weighted by Crippen LogP contribution is 2.26. The first kappa shape index (κ1) is 15.9. The third-order valence-corrected chi connectivity index (χ3v) is 4.36. The molecule has 2 aromatic rings. The number of nitrogens with one attached hydrogen (secondary N) is 1. The van der Waals surface area contributed by atoms with Crippen molar-refractivity contribution in [2.75, 3.05) is 12.3 Å². The summed E-state index contributed by atoms with van der Waals surface area (Å²) in [5.41, 5.74) is 0.996. The van der Waals surface area contributed by atoms with Gasteiger partial charge in [-0.05, 0) is 36.2 Å². The first-order chi connectivity index (χ1) is 10.1. The van der Waals surface area contributed by atoms with Crippen LogP contribution in [-0.4, -0.2) is 18.2 Å². The van der Waals surface area contributed by atoms with Crippen LogP contribution in [0, 0.1) is 5.82 Å². The van der Waals surface area contributed by atoms with Crippen LogP contribution < -0.4 is 5.32 Å². The average Bonchev–Trinajstić information content (AvgIpc) is 2.48. The molecule has 0 saturated carbocycles. The zero-order valence-electron chi connectivity index (χ0n) is 11.3. The van der Waals surface area contributed by atoms with Gasteiger partial charge in [-0.2, -0.15) is 0 Å². The van der Waals surface area contributed by atoms with E-state index in [1.165, 1.54) is 23.9 Å². The summed E-state index contributed by atoms with van der Waals surface area (Å²) in [5, 5.41) is 3.49. The average molecular weight is 324 g/mol. The van der Waals surface area contributed by atoms with Crippen molar-refractivity contribution in [2.45, 2.75) is 11.3 Å². The maximum absolute atomic E-state index is 12.7. The van der Waals surface area contributed by atoms with Crippen molar-refractivity contribution in [1.29, 1.82) is 0 Å². The van der Waals surface area contributed by atoms with Crippen LogP contribution in [0.5, 0.6) is 0 Å². The topological polar surface area (TPSA) is 29.1 Å². The van der Waals surface area contributed by atoms with E-state index in [2.05, 4.69) is 5.32 Å².